The van der Waals surface area contributed by atoms with Crippen molar-refractivity contribution in [3.63, 3.8) is 0 Å². The molecule has 6 rings (SSSR count). The number of carbonyl (C=O) groups is 1. The quantitative estimate of drug-likeness (QED) is 0.132. The number of hydrogen-bond donors (Lipinski definition) is 1. The summed E-state index contributed by atoms with van der Waals surface area (Å²) in [7, 11) is 0. The average molecular weight is 695 g/mol. The summed E-state index contributed by atoms with van der Waals surface area (Å²) in [5.74, 6) is -0.0625. The molecule has 0 fully saturated rings. The van der Waals surface area contributed by atoms with Crippen molar-refractivity contribution >= 4 is 22.8 Å². The molecule has 2 aliphatic heterocycles. The normalized spacial score (nSPS) is 15.4. The Balaban J connectivity index is 0.000000394. The molecule has 0 aliphatic carbocycles. The summed E-state index contributed by atoms with van der Waals surface area (Å²) in [6.07, 6.45) is 6.46. The van der Waals surface area contributed by atoms with Crippen LogP contribution in [0.5, 0.6) is 0 Å². The first-order valence-electron chi connectivity index (χ1n) is 12.8. The molecule has 1 N–H and O–H groups in total. The number of aromatic nitrogens is 2. The van der Waals surface area contributed by atoms with Gasteiger partial charge in [0.25, 0.3) is 0 Å². The summed E-state index contributed by atoms with van der Waals surface area (Å²) in [5.41, 5.74) is 10.5. The zero-order valence-electron chi connectivity index (χ0n) is 23.0. The van der Waals surface area contributed by atoms with Crippen LogP contribution in [0.4, 0.5) is 17.1 Å². The first-order valence-corrected chi connectivity index (χ1v) is 12.8. The van der Waals surface area contributed by atoms with Gasteiger partial charge in [0.1, 0.15) is 0 Å². The zero-order valence-corrected chi connectivity index (χ0v) is 25.4. The maximum atomic E-state index is 10.0. The van der Waals surface area contributed by atoms with E-state index in [1.54, 1.807) is 12.4 Å². The van der Waals surface area contributed by atoms with Crippen LogP contribution in [0.3, 0.4) is 0 Å². The van der Waals surface area contributed by atoms with Gasteiger partial charge in [0.15, 0.2) is 5.78 Å². The third-order valence-corrected chi connectivity index (χ3v) is 7.45. The van der Waals surface area contributed by atoms with Crippen LogP contribution in [-0.4, -0.2) is 20.9 Å². The molecule has 0 amide bonds. The van der Waals surface area contributed by atoms with Crippen LogP contribution < -0.4 is 4.90 Å². The van der Waals surface area contributed by atoms with E-state index >= 15 is 0 Å². The van der Waals surface area contributed by atoms with E-state index in [1.807, 2.05) is 6.20 Å². The summed E-state index contributed by atoms with van der Waals surface area (Å²) in [6.45, 7) is 12.1. The number of rotatable bonds is 2. The molecule has 6 heteroatoms. The molecule has 201 valence electrons. The number of allylic oxidation sites excluding steroid dienone is 2. The summed E-state index contributed by atoms with van der Waals surface area (Å²) < 4.78 is 0. The number of aliphatic hydroxyl groups is 1. The maximum Gasteiger partial charge on any atom is 0.155 e. The number of hydrogen-bond acceptors (Lipinski definition) is 5. The van der Waals surface area contributed by atoms with Gasteiger partial charge in [-0.3, -0.25) is 9.78 Å². The Morgan fingerprint density at radius 2 is 1.49 bits per heavy atom. The second-order valence-electron chi connectivity index (χ2n) is 10.9. The van der Waals surface area contributed by atoms with Crippen molar-refractivity contribution in [2.45, 2.75) is 52.4 Å². The maximum absolute atomic E-state index is 10.0. The van der Waals surface area contributed by atoms with E-state index in [4.69, 9.17) is 5.11 Å². The fourth-order valence-corrected chi connectivity index (χ4v) is 5.65. The largest absolute Gasteiger partial charge is 0.512 e. The van der Waals surface area contributed by atoms with E-state index in [-0.39, 0.29) is 42.5 Å². The number of nitrogens with zero attached hydrogens (tertiary/aromatic N) is 3. The van der Waals surface area contributed by atoms with Crippen molar-refractivity contribution in [3.8, 4) is 11.3 Å². The number of aliphatic hydroxyl groups excluding tert-OH is 1. The molecule has 0 saturated carbocycles. The van der Waals surface area contributed by atoms with Crippen LogP contribution in [0.1, 0.15) is 63.8 Å². The van der Waals surface area contributed by atoms with Gasteiger partial charge in [-0.25, -0.2) is 0 Å². The second-order valence-corrected chi connectivity index (χ2v) is 10.9. The molecular formula is C33H32IrN3O2-. The molecule has 2 aliphatic rings. The number of ketones is 1. The van der Waals surface area contributed by atoms with Crippen LogP contribution >= 0.6 is 0 Å². The third kappa shape index (κ3) is 4.84. The van der Waals surface area contributed by atoms with Gasteiger partial charge in [0, 0.05) is 72.7 Å². The van der Waals surface area contributed by atoms with Crippen LogP contribution in [0.15, 0.2) is 85.0 Å². The number of para-hydroxylation sites is 2. The summed E-state index contributed by atoms with van der Waals surface area (Å²) in [6, 6.07) is 23.6. The Labute approximate surface area is 244 Å². The van der Waals surface area contributed by atoms with Gasteiger partial charge < -0.3 is 15.0 Å². The van der Waals surface area contributed by atoms with E-state index in [2.05, 4.69) is 103 Å². The predicted molar refractivity (Wildman–Crippen MR) is 152 cm³/mol. The Kier molecular flexibility index (Phi) is 7.66. The fourth-order valence-electron chi connectivity index (χ4n) is 5.65. The minimum Gasteiger partial charge on any atom is -0.512 e. The predicted octanol–water partition coefficient (Wildman–Crippen LogP) is 7.73. The molecule has 1 radical (unpaired) electrons. The van der Waals surface area contributed by atoms with Crippen molar-refractivity contribution < 1.29 is 30.0 Å². The van der Waals surface area contributed by atoms with Gasteiger partial charge in [0.05, 0.1) is 5.76 Å². The number of carbonyl (C=O) groups excluding carboxylic acids is 1. The SMILES string of the molecule is CC(=O)/C=C(/C)O.CC1(C)c2[c-]c(-c3cnccn3)cc3c2N(c2ccccc21)c1ccccc1C3(C)C.[Ir]. The van der Waals surface area contributed by atoms with Crippen molar-refractivity contribution in [3.05, 3.63) is 113 Å². The molecule has 0 bridgehead atoms. The first kappa shape index (κ1) is 28.4. The Hall–Kier alpha value is -3.60. The topological polar surface area (TPSA) is 66.3 Å². The molecule has 1 aromatic heterocycles. The fraction of sp³-hybridized carbons (Fsp3) is 0.242. The Bertz CT molecular complexity index is 1490. The minimum atomic E-state index is -0.183. The molecule has 0 spiro atoms. The van der Waals surface area contributed by atoms with E-state index < -0.39 is 0 Å². The van der Waals surface area contributed by atoms with Crippen molar-refractivity contribution in [2.24, 2.45) is 0 Å². The van der Waals surface area contributed by atoms with Gasteiger partial charge >= 0.3 is 0 Å². The van der Waals surface area contributed by atoms with Crippen LogP contribution in [0.25, 0.3) is 11.3 Å². The van der Waals surface area contributed by atoms with Gasteiger partial charge in [-0.15, -0.1) is 17.7 Å². The molecule has 3 aromatic carbocycles. The molecule has 0 saturated heterocycles. The monoisotopic (exact) mass is 695 g/mol. The number of fused-ring (bicyclic) bond motifs is 4. The van der Waals surface area contributed by atoms with E-state index in [0.29, 0.717) is 0 Å². The smallest absolute Gasteiger partial charge is 0.155 e. The summed E-state index contributed by atoms with van der Waals surface area (Å²) in [4.78, 5) is 21.4. The zero-order chi connectivity index (χ0) is 27.2. The van der Waals surface area contributed by atoms with Crippen LogP contribution in [0, 0.1) is 6.07 Å². The number of anilines is 3. The van der Waals surface area contributed by atoms with E-state index in [1.165, 1.54) is 59.2 Å². The van der Waals surface area contributed by atoms with Crippen LogP contribution in [-0.2, 0) is 35.7 Å². The van der Waals surface area contributed by atoms with Crippen molar-refractivity contribution in [2.75, 3.05) is 4.90 Å². The van der Waals surface area contributed by atoms with E-state index in [0.717, 1.165) is 11.3 Å². The standard InChI is InChI=1S/C28H24N3.C5H8O2.Ir/c1-27(2)19-9-5-7-11-24(19)31-25-12-8-6-10-20(25)28(3,4)22-16-18(15-21(27)26(22)31)23-17-29-13-14-30-23;1-4(6)3-5(2)7;/h5-15,17H,1-4H3;3,6H,1-2H3;/q-1;;/b;4-3-;. The van der Waals surface area contributed by atoms with Gasteiger partial charge in [-0.1, -0.05) is 75.2 Å². The Morgan fingerprint density at radius 1 is 0.897 bits per heavy atom. The molecule has 4 aromatic rings. The third-order valence-electron chi connectivity index (χ3n) is 7.45. The molecule has 39 heavy (non-hydrogen) atoms. The first-order chi connectivity index (χ1) is 18.0. The van der Waals surface area contributed by atoms with Crippen molar-refractivity contribution in [1.82, 2.24) is 9.97 Å². The average Bonchev–Trinajstić information content (AvgIpc) is 2.88. The Morgan fingerprint density at radius 3 is 2.00 bits per heavy atom. The molecule has 5 nitrogen and oxygen atoms in total. The summed E-state index contributed by atoms with van der Waals surface area (Å²) >= 11 is 0. The van der Waals surface area contributed by atoms with Gasteiger partial charge in [0.2, 0.25) is 0 Å². The summed E-state index contributed by atoms with van der Waals surface area (Å²) in [5, 5.41) is 8.36. The number of benzene rings is 3. The van der Waals surface area contributed by atoms with E-state index in [9.17, 15) is 4.79 Å². The second kappa shape index (κ2) is 10.5. The molecule has 0 unspecified atom stereocenters. The van der Waals surface area contributed by atoms with Crippen molar-refractivity contribution in [1.29, 1.82) is 0 Å². The molecule has 3 heterocycles. The van der Waals surface area contributed by atoms with Gasteiger partial charge in [-0.05, 0) is 42.8 Å². The molecular weight excluding hydrogens is 663 g/mol. The van der Waals surface area contributed by atoms with Crippen LogP contribution in [0.2, 0.25) is 0 Å². The van der Waals surface area contributed by atoms with Gasteiger partial charge in [-0.2, -0.15) is 0 Å². The minimum absolute atomic E-state index is 0. The molecule has 0 atom stereocenters.